The van der Waals surface area contributed by atoms with Gasteiger partial charge < -0.3 is 0 Å². The van der Waals surface area contributed by atoms with Crippen molar-refractivity contribution in [3.8, 4) is 6.07 Å². The lowest BCUT2D eigenvalue weighted by atomic mass is 10.2. The second-order valence-electron chi connectivity index (χ2n) is 2.95. The van der Waals surface area contributed by atoms with E-state index in [2.05, 4.69) is 16.0 Å². The van der Waals surface area contributed by atoms with E-state index in [0.29, 0.717) is 6.54 Å². The van der Waals surface area contributed by atoms with Crippen LogP contribution in [0.2, 0.25) is 0 Å². The Bertz CT molecular complexity index is 302. The Morgan fingerprint density at radius 2 is 2.33 bits per heavy atom. The lowest BCUT2D eigenvalue weighted by Gasteiger charge is -2.07. The van der Waals surface area contributed by atoms with Gasteiger partial charge in [0.15, 0.2) is 0 Å². The number of rotatable bonds is 1. The Morgan fingerprint density at radius 3 is 3.08 bits per heavy atom. The van der Waals surface area contributed by atoms with Crippen molar-refractivity contribution >= 4 is 0 Å². The first-order chi connectivity index (χ1) is 5.90. The van der Waals surface area contributed by atoms with Gasteiger partial charge in [0.05, 0.1) is 12.6 Å². The minimum atomic E-state index is 0.509. The monoisotopic (exact) mass is 159 g/mol. The first-order valence-corrected chi connectivity index (χ1v) is 3.91. The van der Waals surface area contributed by atoms with Crippen LogP contribution >= 0.6 is 0 Å². The smallest absolute Gasteiger partial charge is 0.0871 e. The van der Waals surface area contributed by atoms with E-state index in [9.17, 15) is 0 Å². The highest BCUT2D eigenvalue weighted by Crippen LogP contribution is 2.20. The van der Waals surface area contributed by atoms with Crippen molar-refractivity contribution < 1.29 is 0 Å². The van der Waals surface area contributed by atoms with Crippen molar-refractivity contribution in [3.63, 3.8) is 0 Å². The van der Waals surface area contributed by atoms with Crippen molar-refractivity contribution in [2.75, 3.05) is 6.54 Å². The van der Waals surface area contributed by atoms with Gasteiger partial charge in [-0.3, -0.25) is 9.88 Å². The normalized spacial score (nSPS) is 15.6. The van der Waals surface area contributed by atoms with Gasteiger partial charge in [-0.05, 0) is 17.2 Å². The van der Waals surface area contributed by atoms with Crippen LogP contribution in [0.4, 0.5) is 0 Å². The average Bonchev–Trinajstić information content (AvgIpc) is 2.47. The quantitative estimate of drug-likeness (QED) is 0.572. The van der Waals surface area contributed by atoms with Crippen LogP contribution in [-0.2, 0) is 13.1 Å². The maximum absolute atomic E-state index is 8.50. The third-order valence-electron chi connectivity index (χ3n) is 2.09. The van der Waals surface area contributed by atoms with E-state index in [0.717, 1.165) is 13.1 Å². The van der Waals surface area contributed by atoms with Crippen LogP contribution in [-0.4, -0.2) is 16.4 Å². The molecule has 0 bridgehead atoms. The molecule has 1 aromatic rings. The molecule has 0 N–H and O–H groups in total. The summed E-state index contributed by atoms with van der Waals surface area (Å²) in [4.78, 5) is 6.14. The van der Waals surface area contributed by atoms with Gasteiger partial charge in [0.25, 0.3) is 0 Å². The van der Waals surface area contributed by atoms with E-state index in [-0.39, 0.29) is 0 Å². The third kappa shape index (κ3) is 1.17. The van der Waals surface area contributed by atoms with Gasteiger partial charge in [-0.15, -0.1) is 0 Å². The molecule has 0 saturated carbocycles. The number of nitrogens with zero attached hydrogens (tertiary/aromatic N) is 3. The number of hydrogen-bond donors (Lipinski definition) is 0. The van der Waals surface area contributed by atoms with Crippen molar-refractivity contribution in [1.29, 1.82) is 5.26 Å². The Labute approximate surface area is 71.3 Å². The van der Waals surface area contributed by atoms with Gasteiger partial charge in [0, 0.05) is 25.5 Å². The molecule has 1 aliphatic rings. The average molecular weight is 159 g/mol. The summed E-state index contributed by atoms with van der Waals surface area (Å²) in [7, 11) is 0. The first kappa shape index (κ1) is 7.26. The maximum atomic E-state index is 8.50. The lowest BCUT2D eigenvalue weighted by molar-refractivity contribution is 0.320. The summed E-state index contributed by atoms with van der Waals surface area (Å²) in [6.07, 6.45) is 3.68. The minimum Gasteiger partial charge on any atom is -0.282 e. The summed E-state index contributed by atoms with van der Waals surface area (Å²) in [5.41, 5.74) is 2.56. The molecule has 0 atom stereocenters. The summed E-state index contributed by atoms with van der Waals surface area (Å²) >= 11 is 0. The molecular formula is C9H9N3. The molecule has 1 aliphatic heterocycles. The lowest BCUT2D eigenvalue weighted by Crippen LogP contribution is -2.15. The zero-order chi connectivity index (χ0) is 8.39. The molecule has 0 saturated heterocycles. The van der Waals surface area contributed by atoms with Crippen molar-refractivity contribution in [2.45, 2.75) is 13.1 Å². The zero-order valence-electron chi connectivity index (χ0n) is 6.70. The van der Waals surface area contributed by atoms with E-state index in [1.54, 1.807) is 6.20 Å². The van der Waals surface area contributed by atoms with Gasteiger partial charge in [0.2, 0.25) is 0 Å². The molecule has 12 heavy (non-hydrogen) atoms. The van der Waals surface area contributed by atoms with Gasteiger partial charge in [-0.25, -0.2) is 0 Å². The Morgan fingerprint density at radius 1 is 1.50 bits per heavy atom. The molecule has 0 aliphatic carbocycles. The predicted molar refractivity (Wildman–Crippen MR) is 44.0 cm³/mol. The van der Waals surface area contributed by atoms with Gasteiger partial charge >= 0.3 is 0 Å². The number of nitriles is 1. The molecule has 0 amide bonds. The van der Waals surface area contributed by atoms with Crippen LogP contribution in [0.15, 0.2) is 18.5 Å². The molecule has 2 rings (SSSR count). The number of fused-ring (bicyclic) bond motifs is 1. The number of pyridine rings is 1. The van der Waals surface area contributed by atoms with Crippen LogP contribution in [0, 0.1) is 11.3 Å². The van der Waals surface area contributed by atoms with E-state index in [1.807, 2.05) is 12.3 Å². The molecule has 2 heterocycles. The maximum Gasteiger partial charge on any atom is 0.0871 e. The molecule has 3 nitrogen and oxygen atoms in total. The van der Waals surface area contributed by atoms with Crippen LogP contribution in [0.25, 0.3) is 0 Å². The van der Waals surface area contributed by atoms with Crippen molar-refractivity contribution in [3.05, 3.63) is 29.6 Å². The Hall–Kier alpha value is -1.40. The second kappa shape index (κ2) is 2.92. The Balaban J connectivity index is 2.18. The van der Waals surface area contributed by atoms with Crippen molar-refractivity contribution in [2.24, 2.45) is 0 Å². The van der Waals surface area contributed by atoms with Crippen LogP contribution in [0.5, 0.6) is 0 Å². The molecule has 0 spiro atoms. The SMILES string of the molecule is N#CCN1Cc2ccncc2C1. The van der Waals surface area contributed by atoms with Gasteiger partial charge in [0.1, 0.15) is 0 Å². The molecule has 3 heteroatoms. The minimum absolute atomic E-state index is 0.509. The fraction of sp³-hybridized carbons (Fsp3) is 0.333. The van der Waals surface area contributed by atoms with Gasteiger partial charge in [-0.1, -0.05) is 0 Å². The fourth-order valence-corrected chi connectivity index (χ4v) is 1.50. The fourth-order valence-electron chi connectivity index (χ4n) is 1.50. The number of aromatic nitrogens is 1. The zero-order valence-corrected chi connectivity index (χ0v) is 6.70. The second-order valence-corrected chi connectivity index (χ2v) is 2.95. The molecule has 0 unspecified atom stereocenters. The standard InChI is InChI=1S/C9H9N3/c10-2-4-12-6-8-1-3-11-5-9(8)7-12/h1,3,5H,4,6-7H2. The van der Waals surface area contributed by atoms with Crippen molar-refractivity contribution in [1.82, 2.24) is 9.88 Å². The topological polar surface area (TPSA) is 39.9 Å². The molecular weight excluding hydrogens is 150 g/mol. The van der Waals surface area contributed by atoms with E-state index < -0.39 is 0 Å². The summed E-state index contributed by atoms with van der Waals surface area (Å²) < 4.78 is 0. The van der Waals surface area contributed by atoms with Crippen LogP contribution in [0.3, 0.4) is 0 Å². The Kier molecular flexibility index (Phi) is 1.77. The summed E-state index contributed by atoms with van der Waals surface area (Å²) in [6.45, 7) is 2.27. The molecule has 60 valence electrons. The summed E-state index contributed by atoms with van der Waals surface area (Å²) in [6, 6.07) is 4.17. The van der Waals surface area contributed by atoms with E-state index in [1.165, 1.54) is 11.1 Å². The summed E-state index contributed by atoms with van der Waals surface area (Å²) in [5.74, 6) is 0. The largest absolute Gasteiger partial charge is 0.282 e. The number of hydrogen-bond acceptors (Lipinski definition) is 3. The van der Waals surface area contributed by atoms with Crippen LogP contribution < -0.4 is 0 Å². The third-order valence-corrected chi connectivity index (χ3v) is 2.09. The highest BCUT2D eigenvalue weighted by atomic mass is 15.1. The first-order valence-electron chi connectivity index (χ1n) is 3.91. The molecule has 0 aromatic carbocycles. The summed E-state index contributed by atoms with van der Waals surface area (Å²) in [5, 5.41) is 8.50. The van der Waals surface area contributed by atoms with E-state index in [4.69, 9.17) is 5.26 Å². The highest BCUT2D eigenvalue weighted by Gasteiger charge is 2.17. The van der Waals surface area contributed by atoms with Crippen LogP contribution in [0.1, 0.15) is 11.1 Å². The molecule has 0 fully saturated rings. The highest BCUT2D eigenvalue weighted by molar-refractivity contribution is 5.26. The molecule has 0 radical (unpaired) electrons. The molecule has 1 aromatic heterocycles. The van der Waals surface area contributed by atoms with Gasteiger partial charge in [-0.2, -0.15) is 5.26 Å². The predicted octanol–water partition coefficient (Wildman–Crippen LogP) is 0.921. The van der Waals surface area contributed by atoms with E-state index >= 15 is 0 Å².